The lowest BCUT2D eigenvalue weighted by Crippen LogP contribution is -2.23. The molecule has 2 fully saturated rings. The summed E-state index contributed by atoms with van der Waals surface area (Å²) in [7, 11) is -1.49. The Bertz CT molecular complexity index is 1020. The van der Waals surface area contributed by atoms with Crippen LogP contribution in [-0.2, 0) is 26.5 Å². The number of sulfone groups is 1. The number of aromatic nitrogens is 2. The van der Waals surface area contributed by atoms with Gasteiger partial charge in [-0.1, -0.05) is 12.1 Å². The van der Waals surface area contributed by atoms with Gasteiger partial charge in [0.25, 0.3) is 0 Å². The number of aryl methyl sites for hydroxylation is 1. The molecule has 8 heteroatoms. The number of hydrogen-bond donors (Lipinski definition) is 1. The number of benzene rings is 1. The first-order valence-corrected chi connectivity index (χ1v) is 11.5. The Kier molecular flexibility index (Phi) is 5.29. The van der Waals surface area contributed by atoms with Crippen molar-refractivity contribution in [3.05, 3.63) is 42.1 Å². The highest BCUT2D eigenvalue weighted by atomic mass is 32.2. The van der Waals surface area contributed by atoms with E-state index in [1.807, 2.05) is 0 Å². The number of ketones is 1. The predicted octanol–water partition coefficient (Wildman–Crippen LogP) is 2.84. The monoisotopic (exact) mass is 415 g/mol. The highest BCUT2D eigenvalue weighted by Gasteiger charge is 2.37. The van der Waals surface area contributed by atoms with E-state index in [1.54, 1.807) is 48.3 Å². The minimum absolute atomic E-state index is 0.164. The van der Waals surface area contributed by atoms with Gasteiger partial charge in [0.2, 0.25) is 5.91 Å². The van der Waals surface area contributed by atoms with Gasteiger partial charge in [-0.3, -0.25) is 14.3 Å². The first-order chi connectivity index (χ1) is 13.8. The number of hydrogen-bond acceptors (Lipinski definition) is 5. The van der Waals surface area contributed by atoms with Crippen molar-refractivity contribution in [2.45, 2.75) is 54.6 Å². The summed E-state index contributed by atoms with van der Waals surface area (Å²) in [5.74, 6) is 0.214. The summed E-state index contributed by atoms with van der Waals surface area (Å²) in [6, 6.07) is 8.39. The number of anilines is 1. The molecule has 2 aliphatic carbocycles. The molecule has 2 atom stereocenters. The molecule has 1 amide bonds. The first kappa shape index (κ1) is 19.8. The topological polar surface area (TPSA) is 98.1 Å². The molecule has 0 saturated heterocycles. The maximum Gasteiger partial charge on any atom is 0.233 e. The zero-order chi connectivity index (χ0) is 20.6. The quantitative estimate of drug-likeness (QED) is 0.750. The molecule has 1 N–H and O–H groups in total. The fourth-order valence-electron chi connectivity index (χ4n) is 3.98. The normalized spacial score (nSPS) is 20.6. The third kappa shape index (κ3) is 4.42. The van der Waals surface area contributed by atoms with E-state index in [2.05, 4.69) is 10.4 Å². The van der Waals surface area contributed by atoms with Gasteiger partial charge in [-0.2, -0.15) is 5.10 Å². The van der Waals surface area contributed by atoms with Crippen molar-refractivity contribution in [2.24, 2.45) is 13.0 Å². The van der Waals surface area contributed by atoms with Crippen LogP contribution >= 0.6 is 0 Å². The summed E-state index contributed by atoms with van der Waals surface area (Å²) in [6.45, 7) is 0. The molecule has 1 aromatic heterocycles. The van der Waals surface area contributed by atoms with Crippen LogP contribution in [0.1, 0.15) is 50.0 Å². The fraction of sp³-hybridized carbons (Fsp3) is 0.476. The van der Waals surface area contributed by atoms with Crippen LogP contribution in [-0.4, -0.2) is 35.1 Å². The molecule has 1 heterocycles. The number of carbonyl (C=O) groups is 2. The number of nitrogens with one attached hydrogen (secondary N) is 1. The van der Waals surface area contributed by atoms with Crippen molar-refractivity contribution in [3.63, 3.8) is 0 Å². The molecule has 154 valence electrons. The van der Waals surface area contributed by atoms with E-state index in [9.17, 15) is 18.0 Å². The molecule has 1 aromatic carbocycles. The van der Waals surface area contributed by atoms with Crippen LogP contribution in [0.2, 0.25) is 0 Å². The average Bonchev–Trinajstić information content (AvgIpc) is 3.37. The highest BCUT2D eigenvalue weighted by Crippen LogP contribution is 2.36. The Labute approximate surface area is 170 Å². The van der Waals surface area contributed by atoms with Gasteiger partial charge in [0.15, 0.2) is 15.7 Å². The Hall–Kier alpha value is -2.48. The van der Waals surface area contributed by atoms with E-state index in [4.69, 9.17) is 0 Å². The van der Waals surface area contributed by atoms with Crippen molar-refractivity contribution >= 4 is 27.3 Å². The number of amides is 1. The molecular weight excluding hydrogens is 390 g/mol. The molecule has 0 radical (unpaired) electrons. The third-order valence-corrected chi connectivity index (χ3v) is 8.05. The van der Waals surface area contributed by atoms with Crippen molar-refractivity contribution in [1.82, 2.24) is 9.78 Å². The lowest BCUT2D eigenvalue weighted by atomic mass is 9.87. The van der Waals surface area contributed by atoms with E-state index >= 15 is 0 Å². The molecule has 2 saturated carbocycles. The second-order valence-electron chi connectivity index (χ2n) is 8.11. The van der Waals surface area contributed by atoms with Crippen LogP contribution in [0.3, 0.4) is 0 Å². The Morgan fingerprint density at radius 3 is 2.48 bits per heavy atom. The number of nitrogens with zero attached hydrogens (tertiary/aromatic N) is 2. The van der Waals surface area contributed by atoms with Crippen molar-refractivity contribution in [2.75, 3.05) is 5.32 Å². The molecule has 0 unspecified atom stereocenters. The second kappa shape index (κ2) is 7.74. The van der Waals surface area contributed by atoms with Crippen molar-refractivity contribution in [1.29, 1.82) is 0 Å². The molecule has 2 aliphatic rings. The summed E-state index contributed by atoms with van der Waals surface area (Å²) >= 11 is 0. The van der Waals surface area contributed by atoms with E-state index in [1.165, 1.54) is 0 Å². The Balaban J connectivity index is 1.56. The second-order valence-corrected chi connectivity index (χ2v) is 10.3. The summed E-state index contributed by atoms with van der Waals surface area (Å²) < 4.78 is 26.5. The van der Waals surface area contributed by atoms with Gasteiger partial charge < -0.3 is 5.32 Å². The summed E-state index contributed by atoms with van der Waals surface area (Å²) in [4.78, 5) is 25.0. The maximum atomic E-state index is 13.0. The number of carbonyl (C=O) groups excluding carboxylic acids is 2. The first-order valence-electron chi connectivity index (χ1n) is 9.99. The molecular formula is C21H25N3O4S. The van der Waals surface area contributed by atoms with Gasteiger partial charge in [-0.15, -0.1) is 0 Å². The van der Waals surface area contributed by atoms with E-state index < -0.39 is 15.8 Å². The largest absolute Gasteiger partial charge is 0.309 e. The van der Waals surface area contributed by atoms with Crippen LogP contribution in [0.4, 0.5) is 5.82 Å². The van der Waals surface area contributed by atoms with Gasteiger partial charge in [-0.05, 0) is 49.3 Å². The van der Waals surface area contributed by atoms with Crippen LogP contribution in [0, 0.1) is 5.92 Å². The average molecular weight is 416 g/mol. The molecule has 2 aromatic rings. The number of rotatable bonds is 7. The highest BCUT2D eigenvalue weighted by molar-refractivity contribution is 7.92. The van der Waals surface area contributed by atoms with Gasteiger partial charge in [0.1, 0.15) is 5.78 Å². The zero-order valence-electron chi connectivity index (χ0n) is 16.4. The molecule has 0 aliphatic heterocycles. The van der Waals surface area contributed by atoms with Crippen LogP contribution in [0.25, 0.3) is 0 Å². The van der Waals surface area contributed by atoms with Crippen molar-refractivity contribution in [3.8, 4) is 0 Å². The predicted molar refractivity (Wildman–Crippen MR) is 108 cm³/mol. The summed E-state index contributed by atoms with van der Waals surface area (Å²) in [5.41, 5.74) is 0.757. The molecule has 0 spiro atoms. The third-order valence-electron chi connectivity index (χ3n) is 5.77. The molecule has 7 nitrogen and oxygen atoms in total. The van der Waals surface area contributed by atoms with Gasteiger partial charge >= 0.3 is 0 Å². The molecule has 4 rings (SSSR count). The van der Waals surface area contributed by atoms with Gasteiger partial charge in [0.05, 0.1) is 16.1 Å². The Morgan fingerprint density at radius 1 is 1.21 bits per heavy atom. The van der Waals surface area contributed by atoms with Crippen LogP contribution in [0.15, 0.2) is 41.4 Å². The fourth-order valence-corrected chi connectivity index (χ4v) is 5.63. The number of Topliss-reactive ketones (excluding diaryl/α,β-unsaturated/α-hetero) is 1. The van der Waals surface area contributed by atoms with E-state index in [0.717, 1.165) is 24.8 Å². The molecule has 29 heavy (non-hydrogen) atoms. The maximum absolute atomic E-state index is 13.0. The zero-order valence-corrected chi connectivity index (χ0v) is 17.2. The van der Waals surface area contributed by atoms with E-state index in [0.29, 0.717) is 30.0 Å². The van der Waals surface area contributed by atoms with Crippen LogP contribution in [0.5, 0.6) is 0 Å². The van der Waals surface area contributed by atoms with Crippen LogP contribution < -0.4 is 5.32 Å². The van der Waals surface area contributed by atoms with Gasteiger partial charge in [0, 0.05) is 32.2 Å². The lowest BCUT2D eigenvalue weighted by Gasteiger charge is -2.20. The van der Waals surface area contributed by atoms with Crippen molar-refractivity contribution < 1.29 is 18.0 Å². The minimum Gasteiger partial charge on any atom is -0.309 e. The van der Waals surface area contributed by atoms with Gasteiger partial charge in [-0.25, -0.2) is 8.42 Å². The minimum atomic E-state index is -3.26. The summed E-state index contributed by atoms with van der Waals surface area (Å²) in [5, 5.41) is 6.78. The lowest BCUT2D eigenvalue weighted by molar-refractivity contribution is -0.119. The Morgan fingerprint density at radius 2 is 1.93 bits per heavy atom. The molecule has 0 bridgehead atoms. The standard InChI is InChI=1S/C21H25N3O4S/c1-24-11-10-20(23-24)22-21(26)19(13-14-2-5-16(25)12-14)15-3-6-17(7-4-15)29(27,28)18-8-9-18/h3-4,6-7,10-11,14,18-19H,2,5,8-9,12-13H2,1H3,(H,22,23,26)/t14-,19+/m0/s1. The SMILES string of the molecule is Cn1ccc(NC(=O)[C@H](C[C@H]2CCC(=O)C2)c2ccc(S(=O)(=O)C3CC3)cc2)n1. The summed E-state index contributed by atoms with van der Waals surface area (Å²) in [6.07, 6.45) is 5.60. The smallest absolute Gasteiger partial charge is 0.233 e. The van der Waals surface area contributed by atoms with E-state index in [-0.39, 0.29) is 22.9 Å².